The molecule has 1 fully saturated rings. The average Bonchev–Trinajstić information content (AvgIpc) is 3.61. The number of thioether (sulfide) groups is 1. The zero-order valence-electron chi connectivity index (χ0n) is 20.8. The lowest BCUT2D eigenvalue weighted by Gasteiger charge is -2.25. The molecule has 2 heterocycles. The highest BCUT2D eigenvalue weighted by molar-refractivity contribution is 8.01. The maximum atomic E-state index is 13.1. The maximum Gasteiger partial charge on any atom is 0.519 e. The normalized spacial score (nSPS) is 15.2. The predicted octanol–water partition coefficient (Wildman–Crippen LogP) is 6.18. The fourth-order valence-corrected chi connectivity index (χ4v) is 6.17. The van der Waals surface area contributed by atoms with Gasteiger partial charge in [-0.15, -0.1) is 0 Å². The second-order valence-electron chi connectivity index (χ2n) is 9.65. The number of rotatable bonds is 7. The van der Waals surface area contributed by atoms with Crippen molar-refractivity contribution in [3.63, 3.8) is 0 Å². The van der Waals surface area contributed by atoms with Crippen LogP contribution >= 0.6 is 11.8 Å². The highest BCUT2D eigenvalue weighted by atomic mass is 32.2. The van der Waals surface area contributed by atoms with E-state index in [1.54, 1.807) is 13.8 Å². The van der Waals surface area contributed by atoms with Gasteiger partial charge in [0.1, 0.15) is 10.5 Å². The quantitative estimate of drug-likeness (QED) is 0.189. The Bertz CT molecular complexity index is 1710. The molecule has 1 unspecified atom stereocenters. The van der Waals surface area contributed by atoms with Gasteiger partial charge in [-0.3, -0.25) is 9.36 Å². The molecule has 0 amide bonds. The van der Waals surface area contributed by atoms with Crippen molar-refractivity contribution in [3.05, 3.63) is 88.4 Å². The topological polar surface area (TPSA) is 87.5 Å². The maximum absolute atomic E-state index is 13.1. The van der Waals surface area contributed by atoms with E-state index in [2.05, 4.69) is 41.0 Å². The summed E-state index contributed by atoms with van der Waals surface area (Å²) in [5.74, 6) is 0.0263. The molecule has 1 atom stereocenters. The van der Waals surface area contributed by atoms with Gasteiger partial charge in [-0.2, -0.15) is 0 Å². The van der Waals surface area contributed by atoms with Crippen LogP contribution in [0, 0.1) is 6.92 Å². The highest BCUT2D eigenvalue weighted by Gasteiger charge is 2.40. The number of carbonyl (C=O) groups is 1. The van der Waals surface area contributed by atoms with E-state index in [4.69, 9.17) is 18.6 Å². The summed E-state index contributed by atoms with van der Waals surface area (Å²) in [7, 11) is 1.35. The number of carbonyl (C=O) groups excluding carboxylic acids is 1. The number of hydrogen-bond donors (Lipinski definition) is 0. The van der Waals surface area contributed by atoms with Crippen LogP contribution in [0.25, 0.3) is 27.5 Å². The van der Waals surface area contributed by atoms with Gasteiger partial charge >= 0.3 is 11.8 Å². The standard InChI is InChI=1S/C29H26N2O5S/c1-17-25(36-28(33)35-17)16-29(2,26(32)34-3)37-27-30-22-10-6-7-11-24(22)31(27)23-15-14-19(18-12-13-18)20-8-4-5-9-21(20)23/h4-11,14-15,18H,12-13,16H2,1-3H3. The van der Waals surface area contributed by atoms with Crippen molar-refractivity contribution >= 4 is 39.5 Å². The zero-order chi connectivity index (χ0) is 25.7. The highest BCUT2D eigenvalue weighted by Crippen LogP contribution is 2.45. The molecule has 3 aromatic carbocycles. The summed E-state index contributed by atoms with van der Waals surface area (Å²) in [4.78, 5) is 29.8. The number of benzene rings is 3. The molecule has 188 valence electrons. The monoisotopic (exact) mass is 514 g/mol. The lowest BCUT2D eigenvalue weighted by atomic mass is 9.99. The van der Waals surface area contributed by atoms with E-state index in [0.717, 1.165) is 22.1 Å². The molecule has 37 heavy (non-hydrogen) atoms. The fourth-order valence-electron chi connectivity index (χ4n) is 4.97. The molecule has 1 aliphatic rings. The number of aryl methyl sites for hydroxylation is 1. The van der Waals surface area contributed by atoms with Crippen molar-refractivity contribution in [2.75, 3.05) is 7.11 Å². The first kappa shape index (κ1) is 23.6. The molecular formula is C29H26N2O5S. The van der Waals surface area contributed by atoms with Crippen LogP contribution in [0.1, 0.15) is 42.8 Å². The Hall–Kier alpha value is -3.78. The third-order valence-electron chi connectivity index (χ3n) is 6.99. The number of imidazole rings is 1. The van der Waals surface area contributed by atoms with Gasteiger partial charge in [0.05, 0.1) is 23.8 Å². The lowest BCUT2D eigenvalue weighted by molar-refractivity contribution is -0.143. The van der Waals surface area contributed by atoms with Gasteiger partial charge in [0.2, 0.25) is 0 Å². The van der Waals surface area contributed by atoms with Crippen molar-refractivity contribution in [2.24, 2.45) is 0 Å². The number of para-hydroxylation sites is 2. The van der Waals surface area contributed by atoms with Crippen molar-refractivity contribution in [1.82, 2.24) is 9.55 Å². The van der Waals surface area contributed by atoms with Gasteiger partial charge in [0.25, 0.3) is 0 Å². The van der Waals surface area contributed by atoms with E-state index in [1.807, 2.05) is 24.3 Å². The number of ether oxygens (including phenoxy) is 1. The van der Waals surface area contributed by atoms with Crippen molar-refractivity contribution in [3.8, 4) is 5.69 Å². The Morgan fingerprint density at radius 2 is 1.81 bits per heavy atom. The third kappa shape index (κ3) is 4.15. The van der Waals surface area contributed by atoms with Gasteiger partial charge in [0, 0.05) is 11.8 Å². The Morgan fingerprint density at radius 1 is 1.08 bits per heavy atom. The Labute approximate surface area is 217 Å². The van der Waals surface area contributed by atoms with Gasteiger partial charge < -0.3 is 13.6 Å². The minimum Gasteiger partial charge on any atom is -0.468 e. The van der Waals surface area contributed by atoms with Crippen LogP contribution in [0.4, 0.5) is 0 Å². The number of hydrogen-bond acceptors (Lipinski definition) is 7. The molecule has 0 radical (unpaired) electrons. The molecule has 6 rings (SSSR count). The lowest BCUT2D eigenvalue weighted by Crippen LogP contribution is -2.36. The van der Waals surface area contributed by atoms with Crippen LogP contribution in [0.15, 0.2) is 79.4 Å². The average molecular weight is 515 g/mol. The number of aromatic nitrogens is 2. The largest absolute Gasteiger partial charge is 0.519 e. The second-order valence-corrected chi connectivity index (χ2v) is 11.1. The summed E-state index contributed by atoms with van der Waals surface area (Å²) in [6, 6.07) is 20.8. The molecule has 1 saturated carbocycles. The van der Waals surface area contributed by atoms with Crippen LogP contribution in [0.5, 0.6) is 0 Å². The first-order valence-electron chi connectivity index (χ1n) is 12.2. The zero-order valence-corrected chi connectivity index (χ0v) is 21.6. The van der Waals surface area contributed by atoms with E-state index in [1.165, 1.54) is 42.7 Å². The van der Waals surface area contributed by atoms with E-state index in [9.17, 15) is 9.59 Å². The molecule has 1 aliphatic carbocycles. The second kappa shape index (κ2) is 8.95. The van der Waals surface area contributed by atoms with E-state index < -0.39 is 16.5 Å². The molecule has 2 aromatic heterocycles. The van der Waals surface area contributed by atoms with Gasteiger partial charge in [-0.1, -0.05) is 54.2 Å². The van der Waals surface area contributed by atoms with Crippen molar-refractivity contribution < 1.29 is 18.4 Å². The summed E-state index contributed by atoms with van der Waals surface area (Å²) >= 11 is 1.29. The first-order chi connectivity index (χ1) is 17.9. The number of fused-ring (bicyclic) bond motifs is 2. The Kier molecular flexibility index (Phi) is 5.71. The molecule has 0 spiro atoms. The minimum absolute atomic E-state index is 0.104. The predicted molar refractivity (Wildman–Crippen MR) is 143 cm³/mol. The van der Waals surface area contributed by atoms with Crippen LogP contribution < -0.4 is 5.82 Å². The van der Waals surface area contributed by atoms with Crippen molar-refractivity contribution in [1.29, 1.82) is 0 Å². The van der Waals surface area contributed by atoms with Crippen LogP contribution in [-0.2, 0) is 16.0 Å². The summed E-state index contributed by atoms with van der Waals surface area (Å²) in [5.41, 5.74) is 4.13. The van der Waals surface area contributed by atoms with Crippen LogP contribution in [0.3, 0.4) is 0 Å². The fraction of sp³-hybridized carbons (Fsp3) is 0.276. The van der Waals surface area contributed by atoms with E-state index in [-0.39, 0.29) is 6.42 Å². The van der Waals surface area contributed by atoms with E-state index in [0.29, 0.717) is 22.6 Å². The molecule has 5 aromatic rings. The summed E-state index contributed by atoms with van der Waals surface area (Å²) < 4.78 is 16.5. The summed E-state index contributed by atoms with van der Waals surface area (Å²) in [6.07, 6.45) is 2.55. The van der Waals surface area contributed by atoms with Crippen molar-refractivity contribution in [2.45, 2.75) is 48.9 Å². The number of methoxy groups -OCH3 is 1. The SMILES string of the molecule is COC(=O)C(C)(Cc1oc(=O)oc1C)Sc1nc2ccccc2n1-c1ccc(C2CC2)c2ccccc12. The van der Waals surface area contributed by atoms with Crippen LogP contribution in [-0.4, -0.2) is 27.4 Å². The molecule has 0 aliphatic heterocycles. The number of esters is 1. The summed E-state index contributed by atoms with van der Waals surface area (Å²) in [6.45, 7) is 3.42. The molecule has 0 saturated heterocycles. The molecule has 0 N–H and O–H groups in total. The number of nitrogens with zero attached hydrogens (tertiary/aromatic N) is 2. The third-order valence-corrected chi connectivity index (χ3v) is 8.21. The first-order valence-corrected chi connectivity index (χ1v) is 13.1. The Morgan fingerprint density at radius 3 is 2.51 bits per heavy atom. The molecular weight excluding hydrogens is 488 g/mol. The molecule has 7 nitrogen and oxygen atoms in total. The van der Waals surface area contributed by atoms with Crippen LogP contribution in [0.2, 0.25) is 0 Å². The summed E-state index contributed by atoms with van der Waals surface area (Å²) in [5, 5.41) is 3.01. The Balaban J connectivity index is 1.53. The smallest absolute Gasteiger partial charge is 0.468 e. The van der Waals surface area contributed by atoms with Gasteiger partial charge in [0.15, 0.2) is 10.9 Å². The minimum atomic E-state index is -1.14. The van der Waals surface area contributed by atoms with Gasteiger partial charge in [-0.05, 0) is 61.8 Å². The molecule has 8 heteroatoms. The van der Waals surface area contributed by atoms with Gasteiger partial charge in [-0.25, -0.2) is 9.78 Å². The molecule has 0 bridgehead atoms. The van der Waals surface area contributed by atoms with E-state index >= 15 is 0 Å².